The second-order valence-electron chi connectivity index (χ2n) is 9.34. The number of likely N-dealkylation sites (N-methyl/N-ethyl adjacent to an activating group) is 1. The van der Waals surface area contributed by atoms with Gasteiger partial charge in [-0.05, 0) is 74.9 Å². The number of nitrogens with one attached hydrogen (secondary N) is 1. The van der Waals surface area contributed by atoms with Gasteiger partial charge in [0.2, 0.25) is 5.91 Å². The van der Waals surface area contributed by atoms with Crippen molar-refractivity contribution in [1.29, 1.82) is 0 Å². The highest BCUT2D eigenvalue weighted by atomic mass is 32.2. The van der Waals surface area contributed by atoms with Crippen LogP contribution in [0.2, 0.25) is 0 Å². The molecule has 0 radical (unpaired) electrons. The number of carbonyl (C=O) groups is 3. The van der Waals surface area contributed by atoms with Crippen LogP contribution in [-0.2, 0) is 9.59 Å². The van der Waals surface area contributed by atoms with Crippen molar-refractivity contribution in [3.63, 3.8) is 0 Å². The Bertz CT molecular complexity index is 1300. The van der Waals surface area contributed by atoms with Crippen LogP contribution in [0.15, 0.2) is 47.4 Å². The maximum absolute atomic E-state index is 13.0. The number of methoxy groups -OCH3 is 1. The lowest BCUT2D eigenvalue weighted by Gasteiger charge is -2.41. The highest BCUT2D eigenvalue weighted by Gasteiger charge is 2.37. The van der Waals surface area contributed by atoms with Crippen LogP contribution in [0.4, 0.5) is 16.2 Å². The molecule has 2 aliphatic rings. The van der Waals surface area contributed by atoms with Gasteiger partial charge in [0.15, 0.2) is 0 Å². The van der Waals surface area contributed by atoms with Gasteiger partial charge >= 0.3 is 0 Å². The molecule has 2 heterocycles. The van der Waals surface area contributed by atoms with E-state index in [1.165, 1.54) is 0 Å². The summed E-state index contributed by atoms with van der Waals surface area (Å²) in [5, 5.41) is 2.26. The first-order chi connectivity index (χ1) is 16.5. The summed E-state index contributed by atoms with van der Waals surface area (Å²) in [6.45, 7) is 7.92. The van der Waals surface area contributed by atoms with Crippen LogP contribution in [0.5, 0.6) is 5.75 Å². The van der Waals surface area contributed by atoms with Gasteiger partial charge in [0.05, 0.1) is 17.6 Å². The Morgan fingerprint density at radius 3 is 2.60 bits per heavy atom. The molecular weight excluding hydrogens is 462 g/mol. The number of thioether (sulfide) groups is 1. The number of ether oxygens (including phenoxy) is 1. The zero-order valence-corrected chi connectivity index (χ0v) is 21.6. The van der Waals surface area contributed by atoms with Gasteiger partial charge in [-0.25, -0.2) is 0 Å². The molecule has 3 amide bonds. The normalized spacial score (nSPS) is 18.0. The number of aryl methyl sites for hydroxylation is 1. The average Bonchev–Trinajstić information content (AvgIpc) is 3.04. The van der Waals surface area contributed by atoms with Crippen molar-refractivity contribution in [1.82, 2.24) is 4.90 Å². The molecule has 0 aliphatic carbocycles. The van der Waals surface area contributed by atoms with E-state index in [0.717, 1.165) is 39.0 Å². The highest BCUT2D eigenvalue weighted by molar-refractivity contribution is 8.18. The molecule has 1 saturated heterocycles. The molecule has 7 nitrogen and oxygen atoms in total. The molecule has 1 fully saturated rings. The van der Waals surface area contributed by atoms with Gasteiger partial charge < -0.3 is 15.0 Å². The zero-order chi connectivity index (χ0) is 25.5. The Hall–Kier alpha value is -3.52. The van der Waals surface area contributed by atoms with Crippen LogP contribution >= 0.6 is 11.8 Å². The number of fused-ring (bicyclic) bond motifs is 1. The van der Waals surface area contributed by atoms with Crippen LogP contribution < -0.4 is 15.0 Å². The molecule has 8 heteroatoms. The van der Waals surface area contributed by atoms with Gasteiger partial charge in [0, 0.05) is 35.6 Å². The minimum absolute atomic E-state index is 0.148. The number of anilines is 2. The number of nitrogens with zero attached hydrogens (tertiary/aromatic N) is 2. The van der Waals surface area contributed by atoms with E-state index in [2.05, 4.69) is 37.1 Å². The summed E-state index contributed by atoms with van der Waals surface area (Å²) in [7, 11) is 3.62. The summed E-state index contributed by atoms with van der Waals surface area (Å²) in [6, 6.07) is 11.3. The van der Waals surface area contributed by atoms with Gasteiger partial charge in [-0.15, -0.1) is 0 Å². The van der Waals surface area contributed by atoms with Crippen molar-refractivity contribution in [2.45, 2.75) is 33.2 Å². The van der Waals surface area contributed by atoms with Crippen molar-refractivity contribution in [3.8, 4) is 5.75 Å². The fourth-order valence-electron chi connectivity index (χ4n) is 4.33. The lowest BCUT2D eigenvalue weighted by atomic mass is 9.88. The van der Waals surface area contributed by atoms with E-state index in [1.807, 2.05) is 44.3 Å². The van der Waals surface area contributed by atoms with Gasteiger partial charge in [-0.2, -0.15) is 0 Å². The van der Waals surface area contributed by atoms with E-state index in [0.29, 0.717) is 17.0 Å². The molecule has 0 spiro atoms. The number of amides is 3. The molecule has 182 valence electrons. The lowest BCUT2D eigenvalue weighted by Crippen LogP contribution is -2.42. The summed E-state index contributed by atoms with van der Waals surface area (Å²) in [5.41, 5.74) is 5.36. The number of hydrogen-bond donors (Lipinski definition) is 1. The predicted molar refractivity (Wildman–Crippen MR) is 142 cm³/mol. The second-order valence-corrected chi connectivity index (χ2v) is 10.3. The molecule has 35 heavy (non-hydrogen) atoms. The van der Waals surface area contributed by atoms with Crippen LogP contribution in [-0.4, -0.2) is 48.2 Å². The molecule has 0 bridgehead atoms. The van der Waals surface area contributed by atoms with Crippen LogP contribution in [0, 0.1) is 6.92 Å². The number of benzene rings is 2. The van der Waals surface area contributed by atoms with Crippen molar-refractivity contribution in [2.75, 3.05) is 30.9 Å². The van der Waals surface area contributed by atoms with E-state index < -0.39 is 17.1 Å². The first-order valence-electron chi connectivity index (χ1n) is 11.3. The monoisotopic (exact) mass is 491 g/mol. The molecule has 2 aromatic carbocycles. The summed E-state index contributed by atoms with van der Waals surface area (Å²) >= 11 is 0.823. The average molecular weight is 492 g/mol. The number of rotatable bonds is 5. The Labute approximate surface area is 209 Å². The summed E-state index contributed by atoms with van der Waals surface area (Å²) in [4.78, 5) is 41.5. The minimum Gasteiger partial charge on any atom is -0.496 e. The van der Waals surface area contributed by atoms with Gasteiger partial charge in [-0.3, -0.25) is 19.3 Å². The Kier molecular flexibility index (Phi) is 6.51. The standard InChI is InChI=1S/C27H29N3O4S/c1-16-8-7-9-19(10-16)28-24(31)15-30-25(32)23(35-26(30)33)12-18-11-20-17(2)14-27(3,4)29(5)21(20)13-22(18)34-6/h7-14H,15H2,1-6H3,(H,28,31)/b23-12+. The number of carbonyl (C=O) groups excluding carboxylic acids is 3. The van der Waals surface area contributed by atoms with Crippen molar-refractivity contribution < 1.29 is 19.1 Å². The third-order valence-corrected chi connectivity index (χ3v) is 7.24. The third-order valence-electron chi connectivity index (χ3n) is 6.33. The summed E-state index contributed by atoms with van der Waals surface area (Å²) in [6.07, 6.45) is 3.86. The van der Waals surface area contributed by atoms with Crippen molar-refractivity contribution in [3.05, 3.63) is 64.1 Å². The maximum atomic E-state index is 13.0. The fourth-order valence-corrected chi connectivity index (χ4v) is 5.16. The molecule has 2 aliphatic heterocycles. The molecule has 0 atom stereocenters. The van der Waals surface area contributed by atoms with E-state index in [-0.39, 0.29) is 17.0 Å². The molecule has 0 aromatic heterocycles. The lowest BCUT2D eigenvalue weighted by molar-refractivity contribution is -0.127. The Morgan fingerprint density at radius 2 is 1.91 bits per heavy atom. The quantitative estimate of drug-likeness (QED) is 0.571. The van der Waals surface area contributed by atoms with Crippen LogP contribution in [0.25, 0.3) is 11.6 Å². The molecule has 2 aromatic rings. The van der Waals surface area contributed by atoms with E-state index in [9.17, 15) is 14.4 Å². The molecular formula is C27H29N3O4S. The molecule has 0 unspecified atom stereocenters. The van der Waals surface area contributed by atoms with Crippen LogP contribution in [0.1, 0.15) is 37.5 Å². The summed E-state index contributed by atoms with van der Waals surface area (Å²) in [5.74, 6) is -0.327. The Balaban J connectivity index is 1.59. The topological polar surface area (TPSA) is 79.0 Å². The number of allylic oxidation sites excluding steroid dienone is 1. The predicted octanol–water partition coefficient (Wildman–Crippen LogP) is 5.31. The summed E-state index contributed by atoms with van der Waals surface area (Å²) < 4.78 is 5.63. The van der Waals surface area contributed by atoms with E-state index in [1.54, 1.807) is 19.3 Å². The first-order valence-corrected chi connectivity index (χ1v) is 12.1. The number of hydrogen-bond acceptors (Lipinski definition) is 6. The minimum atomic E-state index is -0.496. The highest BCUT2D eigenvalue weighted by Crippen LogP contribution is 2.42. The van der Waals surface area contributed by atoms with E-state index in [4.69, 9.17) is 4.74 Å². The van der Waals surface area contributed by atoms with Crippen LogP contribution in [0.3, 0.4) is 0 Å². The third kappa shape index (κ3) is 4.84. The van der Waals surface area contributed by atoms with Gasteiger partial charge in [-0.1, -0.05) is 18.2 Å². The van der Waals surface area contributed by atoms with Crippen molar-refractivity contribution >= 4 is 51.8 Å². The fraction of sp³-hybridized carbons (Fsp3) is 0.296. The largest absolute Gasteiger partial charge is 0.496 e. The van der Waals surface area contributed by atoms with Gasteiger partial charge in [0.25, 0.3) is 11.1 Å². The van der Waals surface area contributed by atoms with Gasteiger partial charge in [0.1, 0.15) is 12.3 Å². The van der Waals surface area contributed by atoms with Crippen molar-refractivity contribution in [2.24, 2.45) is 0 Å². The first kappa shape index (κ1) is 24.6. The molecule has 1 N–H and O–H groups in total. The maximum Gasteiger partial charge on any atom is 0.294 e. The molecule has 4 rings (SSSR count). The Morgan fingerprint density at radius 1 is 1.17 bits per heavy atom. The second kappa shape index (κ2) is 9.26. The smallest absolute Gasteiger partial charge is 0.294 e. The van der Waals surface area contributed by atoms with E-state index >= 15 is 0 Å². The number of imide groups is 1. The SMILES string of the molecule is COc1cc2c(cc1/C=C1/SC(=O)N(CC(=O)Nc3cccc(C)c3)C1=O)C(C)=CC(C)(C)N2C. The molecule has 0 saturated carbocycles. The zero-order valence-electron chi connectivity index (χ0n) is 20.8.